The van der Waals surface area contributed by atoms with Gasteiger partial charge in [0.2, 0.25) is 0 Å². The highest BCUT2D eigenvalue weighted by Gasteiger charge is 2.61. The molecule has 0 radical (unpaired) electrons. The maximum Gasteiger partial charge on any atom is 0.154 e. The van der Waals surface area contributed by atoms with E-state index in [1.807, 2.05) is 0 Å². The van der Waals surface area contributed by atoms with Gasteiger partial charge in [-0.25, -0.2) is 0 Å². The Hall–Kier alpha value is -0.550. The molecule has 16 heavy (non-hydrogen) atoms. The Morgan fingerprint density at radius 1 is 1.25 bits per heavy atom. The summed E-state index contributed by atoms with van der Waals surface area (Å²) in [6.45, 7) is 5.67. The van der Waals surface area contributed by atoms with Crippen LogP contribution in [0.2, 0.25) is 0 Å². The van der Waals surface area contributed by atoms with Gasteiger partial charge in [0.05, 0.1) is 12.7 Å². The molecule has 2 heteroatoms. The SMILES string of the molecule is CC1(C)CCC[C@]23CO[C@](C#N)(CC[C@H]12)C3. The van der Waals surface area contributed by atoms with Crippen LogP contribution in [-0.4, -0.2) is 12.2 Å². The van der Waals surface area contributed by atoms with Crippen LogP contribution in [0.3, 0.4) is 0 Å². The average Bonchev–Trinajstić information content (AvgIpc) is 2.51. The number of fused-ring (bicyclic) bond motifs is 1. The minimum Gasteiger partial charge on any atom is -0.360 e. The zero-order valence-corrected chi connectivity index (χ0v) is 10.4. The molecule has 0 aromatic carbocycles. The van der Waals surface area contributed by atoms with Gasteiger partial charge in [-0.15, -0.1) is 0 Å². The lowest BCUT2D eigenvalue weighted by molar-refractivity contribution is -0.0250. The molecule has 1 aliphatic heterocycles. The van der Waals surface area contributed by atoms with Crippen molar-refractivity contribution < 1.29 is 4.74 Å². The van der Waals surface area contributed by atoms with E-state index in [4.69, 9.17) is 4.74 Å². The minimum atomic E-state index is -0.413. The molecule has 0 aromatic heterocycles. The zero-order valence-electron chi connectivity index (χ0n) is 10.4. The highest BCUT2D eigenvalue weighted by Crippen LogP contribution is 2.63. The van der Waals surface area contributed by atoms with Crippen molar-refractivity contribution in [2.24, 2.45) is 16.7 Å². The van der Waals surface area contributed by atoms with Crippen molar-refractivity contribution in [2.75, 3.05) is 6.61 Å². The highest BCUT2D eigenvalue weighted by atomic mass is 16.5. The largest absolute Gasteiger partial charge is 0.360 e. The van der Waals surface area contributed by atoms with Crippen LogP contribution in [0.4, 0.5) is 0 Å². The fourth-order valence-electron chi connectivity index (χ4n) is 4.77. The van der Waals surface area contributed by atoms with Gasteiger partial charge >= 0.3 is 0 Å². The number of hydrogen-bond donors (Lipinski definition) is 0. The smallest absolute Gasteiger partial charge is 0.154 e. The van der Waals surface area contributed by atoms with E-state index in [-0.39, 0.29) is 0 Å². The van der Waals surface area contributed by atoms with Crippen LogP contribution < -0.4 is 0 Å². The summed E-state index contributed by atoms with van der Waals surface area (Å²) in [4.78, 5) is 0. The molecule has 1 heterocycles. The minimum absolute atomic E-state index is 0.343. The topological polar surface area (TPSA) is 33.0 Å². The number of ether oxygens (including phenoxy) is 1. The molecule has 2 saturated carbocycles. The number of hydrogen-bond acceptors (Lipinski definition) is 2. The Labute approximate surface area is 98.0 Å². The first-order chi connectivity index (χ1) is 7.52. The third-order valence-electron chi connectivity index (χ3n) is 5.49. The van der Waals surface area contributed by atoms with Crippen molar-refractivity contribution >= 4 is 0 Å². The molecular weight excluding hydrogens is 198 g/mol. The molecule has 0 N–H and O–H groups in total. The van der Waals surface area contributed by atoms with E-state index in [0.29, 0.717) is 10.8 Å². The van der Waals surface area contributed by atoms with Crippen molar-refractivity contribution in [3.8, 4) is 6.07 Å². The van der Waals surface area contributed by atoms with E-state index >= 15 is 0 Å². The summed E-state index contributed by atoms with van der Waals surface area (Å²) in [6, 6.07) is 2.44. The molecule has 1 saturated heterocycles. The Morgan fingerprint density at radius 2 is 2.06 bits per heavy atom. The van der Waals surface area contributed by atoms with E-state index in [2.05, 4.69) is 19.9 Å². The molecule has 3 fully saturated rings. The van der Waals surface area contributed by atoms with Crippen LogP contribution in [0.25, 0.3) is 0 Å². The molecule has 2 nitrogen and oxygen atoms in total. The number of nitriles is 1. The van der Waals surface area contributed by atoms with Crippen LogP contribution in [0.5, 0.6) is 0 Å². The zero-order chi connectivity index (χ0) is 11.4. The molecular formula is C14H21NO. The van der Waals surface area contributed by atoms with Gasteiger partial charge in [0.1, 0.15) is 0 Å². The fourth-order valence-corrected chi connectivity index (χ4v) is 4.77. The summed E-state index contributed by atoms with van der Waals surface area (Å²) in [7, 11) is 0. The van der Waals surface area contributed by atoms with Crippen LogP contribution in [0.15, 0.2) is 0 Å². The summed E-state index contributed by atoms with van der Waals surface area (Å²) >= 11 is 0. The van der Waals surface area contributed by atoms with Gasteiger partial charge in [0.15, 0.2) is 5.60 Å². The molecule has 3 aliphatic rings. The summed E-state index contributed by atoms with van der Waals surface area (Å²) in [5, 5.41) is 9.31. The van der Waals surface area contributed by atoms with Crippen molar-refractivity contribution in [1.82, 2.24) is 0 Å². The molecule has 1 spiro atoms. The summed E-state index contributed by atoms with van der Waals surface area (Å²) in [5.41, 5.74) is 0.382. The number of nitrogens with zero attached hydrogens (tertiary/aromatic N) is 1. The van der Waals surface area contributed by atoms with Crippen molar-refractivity contribution in [3.63, 3.8) is 0 Å². The van der Waals surface area contributed by atoms with E-state index in [9.17, 15) is 5.26 Å². The lowest BCUT2D eigenvalue weighted by Gasteiger charge is -2.53. The van der Waals surface area contributed by atoms with Crippen molar-refractivity contribution in [1.29, 1.82) is 5.26 Å². The predicted molar refractivity (Wildman–Crippen MR) is 61.7 cm³/mol. The van der Waals surface area contributed by atoms with Gasteiger partial charge in [0.25, 0.3) is 0 Å². The first kappa shape index (κ1) is 10.6. The van der Waals surface area contributed by atoms with Crippen LogP contribution in [0.1, 0.15) is 52.4 Å². The van der Waals surface area contributed by atoms with Crippen molar-refractivity contribution in [2.45, 2.75) is 58.0 Å². The molecule has 0 amide bonds. The summed E-state index contributed by atoms with van der Waals surface area (Å²) in [6.07, 6.45) is 7.10. The molecule has 0 unspecified atom stereocenters. The molecule has 2 bridgehead atoms. The second kappa shape index (κ2) is 3.01. The van der Waals surface area contributed by atoms with Gasteiger partial charge in [-0.2, -0.15) is 5.26 Å². The molecule has 3 rings (SSSR count). The average molecular weight is 219 g/mol. The van der Waals surface area contributed by atoms with Crippen LogP contribution >= 0.6 is 0 Å². The van der Waals surface area contributed by atoms with Crippen LogP contribution in [-0.2, 0) is 4.74 Å². The van der Waals surface area contributed by atoms with E-state index in [0.717, 1.165) is 25.4 Å². The second-order valence-corrected chi connectivity index (χ2v) is 6.87. The van der Waals surface area contributed by atoms with Gasteiger partial charge in [0, 0.05) is 5.41 Å². The third-order valence-corrected chi connectivity index (χ3v) is 5.49. The van der Waals surface area contributed by atoms with E-state index in [1.165, 1.54) is 25.7 Å². The predicted octanol–water partition coefficient (Wildman–Crippen LogP) is 3.28. The Kier molecular flexibility index (Phi) is 2.00. The quantitative estimate of drug-likeness (QED) is 0.626. The first-order valence-corrected chi connectivity index (χ1v) is 6.57. The Morgan fingerprint density at radius 3 is 2.81 bits per heavy atom. The van der Waals surface area contributed by atoms with Gasteiger partial charge in [-0.05, 0) is 43.4 Å². The lowest BCUT2D eigenvalue weighted by atomic mass is 9.50. The van der Waals surface area contributed by atoms with Gasteiger partial charge < -0.3 is 4.74 Å². The summed E-state index contributed by atoms with van der Waals surface area (Å²) in [5.74, 6) is 0.776. The number of rotatable bonds is 0. The standard InChI is InChI=1S/C14H21NO/c1-12(2)5-3-6-13-8-14(9-15,16-10-13)7-4-11(12)13/h11H,3-8,10H2,1-2H3/t11-,13+,14-/m1/s1. The molecule has 2 aliphatic carbocycles. The molecule has 88 valence electrons. The van der Waals surface area contributed by atoms with Gasteiger partial charge in [-0.1, -0.05) is 20.3 Å². The van der Waals surface area contributed by atoms with Crippen LogP contribution in [0, 0.1) is 28.1 Å². The maximum atomic E-state index is 9.31. The lowest BCUT2D eigenvalue weighted by Crippen LogP contribution is -2.48. The van der Waals surface area contributed by atoms with E-state index < -0.39 is 5.60 Å². The third kappa shape index (κ3) is 1.21. The van der Waals surface area contributed by atoms with E-state index in [1.54, 1.807) is 0 Å². The second-order valence-electron chi connectivity index (χ2n) is 6.87. The maximum absolute atomic E-state index is 9.31. The first-order valence-electron chi connectivity index (χ1n) is 6.57. The molecule has 0 aromatic rings. The summed E-state index contributed by atoms with van der Waals surface area (Å²) < 4.78 is 5.91. The Bertz CT molecular complexity index is 356. The van der Waals surface area contributed by atoms with Crippen molar-refractivity contribution in [3.05, 3.63) is 0 Å². The molecule has 3 atom stereocenters. The normalized spacial score (nSPS) is 49.4. The van der Waals surface area contributed by atoms with Gasteiger partial charge in [-0.3, -0.25) is 0 Å². The fraction of sp³-hybridized carbons (Fsp3) is 0.929. The highest BCUT2D eigenvalue weighted by molar-refractivity contribution is 5.17. The Balaban J connectivity index is 1.97. The monoisotopic (exact) mass is 219 g/mol.